The molecule has 4 aliphatic rings. The number of fused-ring (bicyclic) bond motifs is 3. The van der Waals surface area contributed by atoms with Crippen LogP contribution in [0.1, 0.15) is 44.7 Å². The number of hydrogen-bond donors (Lipinski definition) is 3. The lowest BCUT2D eigenvalue weighted by Crippen LogP contribution is -2.57. The average molecular weight is 505 g/mol. The predicted molar refractivity (Wildman–Crippen MR) is 157 cm³/mol. The number of nitrogens with zero attached hydrogens (tertiary/aromatic N) is 2. The number of nitrogens with one attached hydrogen (secondary N) is 2. The zero-order valence-electron chi connectivity index (χ0n) is 23.3. The van der Waals surface area contributed by atoms with Crippen molar-refractivity contribution in [3.63, 3.8) is 0 Å². The van der Waals surface area contributed by atoms with E-state index in [0.717, 1.165) is 48.7 Å². The molecule has 1 aromatic rings. The highest BCUT2D eigenvalue weighted by Gasteiger charge is 2.43. The monoisotopic (exact) mass is 504 g/mol. The first-order valence-corrected chi connectivity index (χ1v) is 14.2. The molecule has 0 spiro atoms. The lowest BCUT2D eigenvalue weighted by atomic mass is 9.69. The average Bonchev–Trinajstić information content (AvgIpc) is 2.90. The van der Waals surface area contributed by atoms with Gasteiger partial charge in [0.2, 0.25) is 0 Å². The van der Waals surface area contributed by atoms with Crippen LogP contribution in [0.2, 0.25) is 0 Å². The third-order valence-electron chi connectivity index (χ3n) is 9.38. The van der Waals surface area contributed by atoms with Crippen molar-refractivity contribution in [3.05, 3.63) is 73.5 Å². The number of piperidine rings is 4. The molecule has 8 atom stereocenters. The largest absolute Gasteiger partial charge is 0.511 e. The minimum absolute atomic E-state index is 0.187. The molecule has 5 heteroatoms. The minimum Gasteiger partial charge on any atom is -0.511 e. The van der Waals surface area contributed by atoms with Crippen molar-refractivity contribution < 1.29 is 5.11 Å². The van der Waals surface area contributed by atoms with E-state index in [1.165, 1.54) is 25.9 Å². The molecule has 5 nitrogen and oxygen atoms in total. The van der Waals surface area contributed by atoms with E-state index in [0.29, 0.717) is 29.6 Å². The molecule has 0 amide bonds. The van der Waals surface area contributed by atoms with Crippen LogP contribution in [0.15, 0.2) is 62.4 Å². The number of aliphatic hydroxyl groups excluding tert-OH is 1. The van der Waals surface area contributed by atoms with Crippen molar-refractivity contribution >= 4 is 11.4 Å². The van der Waals surface area contributed by atoms with Crippen molar-refractivity contribution in [1.82, 2.24) is 20.4 Å². The molecule has 4 fully saturated rings. The molecular weight excluding hydrogens is 456 g/mol. The molecule has 4 saturated heterocycles. The van der Waals surface area contributed by atoms with Crippen LogP contribution in [-0.2, 0) is 0 Å². The van der Waals surface area contributed by atoms with Crippen LogP contribution in [0, 0.1) is 29.6 Å². The fraction of sp³-hybridized carbons (Fsp3) is 0.562. The van der Waals surface area contributed by atoms with Gasteiger partial charge in [0.1, 0.15) is 5.76 Å². The molecule has 0 radical (unpaired) electrons. The number of rotatable bonds is 11. The SMILES string of the molecule is C=C[C@H](NC(=C)c1ccc(C(=C)N[C@@H](C(=C)O)C2CN3CCC2C(C)C3)cc1)C1CN(CC)CCC1C. The van der Waals surface area contributed by atoms with Crippen LogP contribution >= 0.6 is 0 Å². The van der Waals surface area contributed by atoms with Gasteiger partial charge in [-0.1, -0.05) is 70.8 Å². The van der Waals surface area contributed by atoms with E-state index in [9.17, 15) is 5.11 Å². The summed E-state index contributed by atoms with van der Waals surface area (Å²) in [5, 5.41) is 17.7. The van der Waals surface area contributed by atoms with Gasteiger partial charge in [-0.05, 0) is 67.3 Å². The Labute approximate surface area is 225 Å². The molecule has 0 aromatic heterocycles. The summed E-state index contributed by atoms with van der Waals surface area (Å²) in [6.45, 7) is 30.3. The van der Waals surface area contributed by atoms with E-state index < -0.39 is 0 Å². The second-order valence-corrected chi connectivity index (χ2v) is 11.7. The maximum Gasteiger partial charge on any atom is 0.108 e. The Bertz CT molecular complexity index is 985. The normalized spacial score (nSPS) is 31.2. The lowest BCUT2D eigenvalue weighted by molar-refractivity contribution is -0.00807. The molecule has 3 N–H and O–H groups in total. The third kappa shape index (κ3) is 6.15. The number of hydrogen-bond acceptors (Lipinski definition) is 5. The van der Waals surface area contributed by atoms with Crippen LogP contribution in [0.4, 0.5) is 0 Å². The molecule has 4 aliphatic heterocycles. The summed E-state index contributed by atoms with van der Waals surface area (Å²) in [5.41, 5.74) is 3.80. The first kappa shape index (κ1) is 27.5. The van der Waals surface area contributed by atoms with Gasteiger partial charge in [0.05, 0.1) is 6.04 Å². The zero-order valence-corrected chi connectivity index (χ0v) is 23.3. The van der Waals surface area contributed by atoms with Crippen LogP contribution in [0.3, 0.4) is 0 Å². The summed E-state index contributed by atoms with van der Waals surface area (Å²) in [7, 11) is 0. The Morgan fingerprint density at radius 1 is 0.946 bits per heavy atom. The van der Waals surface area contributed by atoms with Crippen molar-refractivity contribution in [2.45, 2.75) is 45.7 Å². The van der Waals surface area contributed by atoms with E-state index in [1.54, 1.807) is 0 Å². The van der Waals surface area contributed by atoms with Crippen LogP contribution in [-0.4, -0.2) is 66.3 Å². The van der Waals surface area contributed by atoms with Crippen LogP contribution in [0.5, 0.6) is 0 Å². The van der Waals surface area contributed by atoms with Crippen molar-refractivity contribution in [1.29, 1.82) is 0 Å². The molecule has 4 heterocycles. The molecule has 2 bridgehead atoms. The molecule has 202 valence electrons. The zero-order chi connectivity index (χ0) is 26.7. The second kappa shape index (κ2) is 11.9. The Morgan fingerprint density at radius 3 is 2.14 bits per heavy atom. The Hall–Kier alpha value is -2.50. The van der Waals surface area contributed by atoms with E-state index in [1.807, 2.05) is 6.08 Å². The van der Waals surface area contributed by atoms with Gasteiger partial charge in [-0.2, -0.15) is 0 Å². The summed E-state index contributed by atoms with van der Waals surface area (Å²) in [4.78, 5) is 5.05. The van der Waals surface area contributed by atoms with Gasteiger partial charge in [0.25, 0.3) is 0 Å². The summed E-state index contributed by atoms with van der Waals surface area (Å²) in [6.07, 6.45) is 4.46. The summed E-state index contributed by atoms with van der Waals surface area (Å²) in [6, 6.07) is 8.36. The highest BCUT2D eigenvalue weighted by Crippen LogP contribution is 2.39. The molecule has 37 heavy (non-hydrogen) atoms. The fourth-order valence-corrected chi connectivity index (χ4v) is 6.97. The minimum atomic E-state index is -0.187. The van der Waals surface area contributed by atoms with Gasteiger partial charge >= 0.3 is 0 Å². The summed E-state index contributed by atoms with van der Waals surface area (Å²) < 4.78 is 0. The number of benzene rings is 1. The quantitative estimate of drug-likeness (QED) is 0.280. The highest BCUT2D eigenvalue weighted by atomic mass is 16.3. The Balaban J connectivity index is 1.39. The first-order chi connectivity index (χ1) is 17.7. The van der Waals surface area contributed by atoms with Crippen molar-refractivity contribution in [2.24, 2.45) is 29.6 Å². The smallest absolute Gasteiger partial charge is 0.108 e. The number of aliphatic hydroxyl groups is 1. The first-order valence-electron chi connectivity index (χ1n) is 14.2. The second-order valence-electron chi connectivity index (χ2n) is 11.7. The molecular formula is C32H48N4O. The van der Waals surface area contributed by atoms with Gasteiger partial charge in [0.15, 0.2) is 0 Å². The van der Waals surface area contributed by atoms with Crippen molar-refractivity contribution in [2.75, 3.05) is 39.3 Å². The maximum absolute atomic E-state index is 10.5. The van der Waals surface area contributed by atoms with Crippen LogP contribution in [0.25, 0.3) is 11.4 Å². The van der Waals surface area contributed by atoms with E-state index >= 15 is 0 Å². The molecule has 0 aliphatic carbocycles. The Kier molecular flexibility index (Phi) is 8.86. The molecule has 1 aromatic carbocycles. The lowest BCUT2D eigenvalue weighted by Gasteiger charge is -2.51. The van der Waals surface area contributed by atoms with Gasteiger partial charge in [-0.3, -0.25) is 0 Å². The molecule has 5 rings (SSSR count). The van der Waals surface area contributed by atoms with Gasteiger partial charge in [-0.25, -0.2) is 0 Å². The van der Waals surface area contributed by atoms with E-state index in [4.69, 9.17) is 0 Å². The predicted octanol–water partition coefficient (Wildman–Crippen LogP) is 5.37. The van der Waals surface area contributed by atoms with E-state index in [-0.39, 0.29) is 17.8 Å². The topological polar surface area (TPSA) is 50.8 Å². The van der Waals surface area contributed by atoms with E-state index in [2.05, 4.69) is 91.8 Å². The maximum atomic E-state index is 10.5. The summed E-state index contributed by atoms with van der Waals surface area (Å²) in [5.74, 6) is 2.96. The van der Waals surface area contributed by atoms with Crippen LogP contribution < -0.4 is 10.6 Å². The number of likely N-dealkylation sites (tertiary alicyclic amines) is 1. The molecule has 6 unspecified atom stereocenters. The van der Waals surface area contributed by atoms with Gasteiger partial charge in [-0.15, -0.1) is 6.58 Å². The fourth-order valence-electron chi connectivity index (χ4n) is 6.97. The summed E-state index contributed by atoms with van der Waals surface area (Å²) >= 11 is 0. The Morgan fingerprint density at radius 2 is 1.59 bits per heavy atom. The standard InChI is InChI=1S/C32H48N4O/c1-8-31(29-19-35(9-2)16-14-21(29)3)33-23(5)26-10-12-27(13-11-26)24(6)34-32(25(7)37)30-20-36-17-15-28(30)22(4)18-36/h8,10-13,21-22,28-34,37H,1,5-7,9,14-20H2,2-4H3/t21?,22?,28?,29?,30?,31-,32-/m0/s1. The molecule has 0 saturated carbocycles. The van der Waals surface area contributed by atoms with Gasteiger partial charge < -0.3 is 25.5 Å². The van der Waals surface area contributed by atoms with Crippen molar-refractivity contribution in [3.8, 4) is 0 Å². The third-order valence-corrected chi connectivity index (χ3v) is 9.38. The highest BCUT2D eigenvalue weighted by molar-refractivity contribution is 5.67. The van der Waals surface area contributed by atoms with Gasteiger partial charge in [0, 0.05) is 43.0 Å².